The number of rotatable bonds is 3. The summed E-state index contributed by atoms with van der Waals surface area (Å²) in [5.74, 6) is 2.56. The third kappa shape index (κ3) is 3.06. The number of aromatic nitrogens is 2. The van der Waals surface area contributed by atoms with Crippen molar-refractivity contribution in [3.05, 3.63) is 11.8 Å². The second-order valence-corrected chi connectivity index (χ2v) is 7.29. The Morgan fingerprint density at radius 2 is 2.00 bits per heavy atom. The number of piperidine rings is 2. The predicted molar refractivity (Wildman–Crippen MR) is 94.3 cm³/mol. The van der Waals surface area contributed by atoms with Gasteiger partial charge in [-0.1, -0.05) is 6.92 Å². The van der Waals surface area contributed by atoms with Gasteiger partial charge in [-0.15, -0.1) is 0 Å². The number of hydrogen-bond donors (Lipinski definition) is 1. The zero-order valence-corrected chi connectivity index (χ0v) is 14.5. The minimum atomic E-state index is 0.206. The van der Waals surface area contributed by atoms with E-state index < -0.39 is 0 Å². The van der Waals surface area contributed by atoms with Gasteiger partial charge in [0.1, 0.15) is 5.82 Å². The lowest BCUT2D eigenvalue weighted by atomic mass is 9.93. The van der Waals surface area contributed by atoms with Crippen LogP contribution in [-0.4, -0.2) is 48.1 Å². The summed E-state index contributed by atoms with van der Waals surface area (Å²) in [5, 5.41) is 3.11. The molecule has 3 fully saturated rings. The molecule has 0 bridgehead atoms. The highest BCUT2D eigenvalue weighted by atomic mass is 16.2. The number of nitrogens with one attached hydrogen (secondary N) is 1. The van der Waals surface area contributed by atoms with Crippen molar-refractivity contribution in [1.82, 2.24) is 15.3 Å². The van der Waals surface area contributed by atoms with Crippen molar-refractivity contribution >= 4 is 17.7 Å². The largest absolute Gasteiger partial charge is 0.356 e. The quantitative estimate of drug-likeness (QED) is 0.915. The molecule has 0 radical (unpaired) electrons. The zero-order chi connectivity index (χ0) is 16.5. The fourth-order valence-electron chi connectivity index (χ4n) is 4.19. The molecular weight excluding hydrogens is 302 g/mol. The van der Waals surface area contributed by atoms with E-state index >= 15 is 0 Å². The van der Waals surface area contributed by atoms with Gasteiger partial charge in [-0.25, -0.2) is 4.98 Å². The highest BCUT2D eigenvalue weighted by molar-refractivity contribution is 5.79. The molecule has 0 spiro atoms. The molecule has 0 aliphatic carbocycles. The van der Waals surface area contributed by atoms with Crippen LogP contribution in [0.25, 0.3) is 0 Å². The van der Waals surface area contributed by atoms with Crippen LogP contribution in [0.4, 0.5) is 11.8 Å². The van der Waals surface area contributed by atoms with E-state index in [0.29, 0.717) is 18.4 Å². The molecule has 1 N–H and O–H groups in total. The lowest BCUT2D eigenvalue weighted by Gasteiger charge is -2.36. The van der Waals surface area contributed by atoms with Crippen molar-refractivity contribution in [1.29, 1.82) is 0 Å². The normalized spacial score (nSPS) is 27.1. The molecule has 0 saturated carbocycles. The SMILES string of the molecule is CCc1cc(N2CC[C@@H]3NC(=O)C[C@@H]3C2)nc(N2CCCCC2)n1. The topological polar surface area (TPSA) is 61.4 Å². The molecule has 1 aromatic rings. The number of amides is 1. The van der Waals surface area contributed by atoms with E-state index in [0.717, 1.165) is 56.5 Å². The molecular formula is C18H27N5O. The molecule has 130 valence electrons. The summed E-state index contributed by atoms with van der Waals surface area (Å²) in [4.78, 5) is 26.0. The molecule has 4 rings (SSSR count). The molecule has 24 heavy (non-hydrogen) atoms. The Hall–Kier alpha value is -1.85. The Morgan fingerprint density at radius 3 is 2.79 bits per heavy atom. The van der Waals surface area contributed by atoms with Crippen LogP contribution in [0.2, 0.25) is 0 Å². The second kappa shape index (κ2) is 6.57. The molecule has 0 unspecified atom stereocenters. The van der Waals surface area contributed by atoms with Gasteiger partial charge in [0.25, 0.3) is 0 Å². The van der Waals surface area contributed by atoms with Gasteiger partial charge < -0.3 is 15.1 Å². The standard InChI is InChI=1S/C18H27N5O/c1-2-14-11-16(21-18(19-14)22-7-4-3-5-8-22)23-9-6-15-13(12-23)10-17(24)20-15/h11,13,15H,2-10,12H2,1H3,(H,20,24)/t13-,15+/m1/s1. The molecule has 3 aliphatic heterocycles. The number of nitrogens with zero attached hydrogens (tertiary/aromatic N) is 4. The van der Waals surface area contributed by atoms with Gasteiger partial charge in [-0.3, -0.25) is 4.79 Å². The Balaban J connectivity index is 1.56. The van der Waals surface area contributed by atoms with Gasteiger partial charge in [0.15, 0.2) is 0 Å². The Morgan fingerprint density at radius 1 is 1.17 bits per heavy atom. The first-order valence-corrected chi connectivity index (χ1v) is 9.40. The van der Waals surface area contributed by atoms with Crippen LogP contribution in [0.3, 0.4) is 0 Å². The first-order chi connectivity index (χ1) is 11.7. The first-order valence-electron chi connectivity index (χ1n) is 9.40. The zero-order valence-electron chi connectivity index (χ0n) is 14.5. The Labute approximate surface area is 143 Å². The number of fused-ring (bicyclic) bond motifs is 1. The van der Waals surface area contributed by atoms with Gasteiger partial charge in [-0.2, -0.15) is 4.98 Å². The van der Waals surface area contributed by atoms with Crippen LogP contribution in [0, 0.1) is 5.92 Å². The molecule has 1 aromatic heterocycles. The minimum absolute atomic E-state index is 0.206. The summed E-state index contributed by atoms with van der Waals surface area (Å²) >= 11 is 0. The Kier molecular flexibility index (Phi) is 4.29. The van der Waals surface area contributed by atoms with Crippen molar-refractivity contribution in [3.63, 3.8) is 0 Å². The van der Waals surface area contributed by atoms with E-state index in [1.165, 1.54) is 19.3 Å². The maximum Gasteiger partial charge on any atom is 0.227 e. The predicted octanol–water partition coefficient (Wildman–Crippen LogP) is 1.74. The van der Waals surface area contributed by atoms with Crippen molar-refractivity contribution in [2.45, 2.75) is 51.5 Å². The van der Waals surface area contributed by atoms with Crippen LogP contribution in [0.5, 0.6) is 0 Å². The van der Waals surface area contributed by atoms with Gasteiger partial charge in [0.2, 0.25) is 11.9 Å². The third-order valence-electron chi connectivity index (χ3n) is 5.61. The fourth-order valence-corrected chi connectivity index (χ4v) is 4.19. The average Bonchev–Trinajstić information content (AvgIpc) is 3.01. The van der Waals surface area contributed by atoms with E-state index in [9.17, 15) is 4.79 Å². The van der Waals surface area contributed by atoms with Gasteiger partial charge in [-0.05, 0) is 32.1 Å². The Bertz CT molecular complexity index is 613. The lowest BCUT2D eigenvalue weighted by molar-refractivity contribution is -0.119. The van der Waals surface area contributed by atoms with Crippen molar-refractivity contribution < 1.29 is 4.79 Å². The summed E-state index contributed by atoms with van der Waals surface area (Å²) in [5.41, 5.74) is 1.11. The third-order valence-corrected chi connectivity index (χ3v) is 5.61. The summed E-state index contributed by atoms with van der Waals surface area (Å²) in [6.07, 6.45) is 6.38. The minimum Gasteiger partial charge on any atom is -0.356 e. The van der Waals surface area contributed by atoms with Crippen molar-refractivity contribution in [2.75, 3.05) is 36.0 Å². The van der Waals surface area contributed by atoms with Crippen LogP contribution >= 0.6 is 0 Å². The number of aryl methyl sites for hydroxylation is 1. The van der Waals surface area contributed by atoms with E-state index in [1.54, 1.807) is 0 Å². The van der Waals surface area contributed by atoms with E-state index in [4.69, 9.17) is 9.97 Å². The monoisotopic (exact) mass is 329 g/mol. The van der Waals surface area contributed by atoms with Crippen LogP contribution < -0.4 is 15.1 Å². The molecule has 4 heterocycles. The summed E-state index contributed by atoms with van der Waals surface area (Å²) < 4.78 is 0. The molecule has 1 amide bonds. The second-order valence-electron chi connectivity index (χ2n) is 7.29. The molecule has 6 heteroatoms. The molecule has 0 aromatic carbocycles. The van der Waals surface area contributed by atoms with Crippen molar-refractivity contribution in [3.8, 4) is 0 Å². The highest BCUT2D eigenvalue weighted by Gasteiger charge is 2.37. The number of hydrogen-bond acceptors (Lipinski definition) is 5. The molecule has 3 saturated heterocycles. The first kappa shape index (κ1) is 15.7. The summed E-state index contributed by atoms with van der Waals surface area (Å²) in [7, 11) is 0. The molecule has 6 nitrogen and oxygen atoms in total. The van der Waals surface area contributed by atoms with Crippen LogP contribution in [0.15, 0.2) is 6.07 Å². The lowest BCUT2D eigenvalue weighted by Crippen LogP contribution is -2.45. The van der Waals surface area contributed by atoms with Gasteiger partial charge in [0, 0.05) is 56.3 Å². The highest BCUT2D eigenvalue weighted by Crippen LogP contribution is 2.29. The number of anilines is 2. The van der Waals surface area contributed by atoms with E-state index in [-0.39, 0.29) is 5.91 Å². The summed E-state index contributed by atoms with van der Waals surface area (Å²) in [6, 6.07) is 2.50. The molecule has 2 atom stereocenters. The van der Waals surface area contributed by atoms with E-state index in [2.05, 4.69) is 28.1 Å². The van der Waals surface area contributed by atoms with Crippen LogP contribution in [-0.2, 0) is 11.2 Å². The fraction of sp³-hybridized carbons (Fsp3) is 0.722. The van der Waals surface area contributed by atoms with Gasteiger partial charge in [0.05, 0.1) is 0 Å². The molecule has 3 aliphatic rings. The maximum absolute atomic E-state index is 11.7. The number of carbonyl (C=O) groups is 1. The number of carbonyl (C=O) groups excluding carboxylic acids is 1. The smallest absolute Gasteiger partial charge is 0.227 e. The average molecular weight is 329 g/mol. The summed E-state index contributed by atoms with van der Waals surface area (Å²) in [6.45, 7) is 6.16. The van der Waals surface area contributed by atoms with Crippen molar-refractivity contribution in [2.24, 2.45) is 5.92 Å². The maximum atomic E-state index is 11.7. The van der Waals surface area contributed by atoms with Gasteiger partial charge >= 0.3 is 0 Å². The van der Waals surface area contributed by atoms with E-state index in [1.807, 2.05) is 0 Å². The van der Waals surface area contributed by atoms with Crippen LogP contribution in [0.1, 0.15) is 44.7 Å².